The number of nitriles is 1. The fraction of sp³-hybridized carbons (Fsp3) is 0.267. The van der Waals surface area contributed by atoms with Gasteiger partial charge in [0.1, 0.15) is 17.6 Å². The summed E-state index contributed by atoms with van der Waals surface area (Å²) in [6.45, 7) is 5.77. The van der Waals surface area contributed by atoms with Gasteiger partial charge in [0.2, 0.25) is 0 Å². The zero-order valence-electron chi connectivity index (χ0n) is 12.0. The van der Waals surface area contributed by atoms with E-state index in [9.17, 15) is 9.18 Å². The predicted octanol–water partition coefficient (Wildman–Crippen LogP) is 2.41. The van der Waals surface area contributed by atoms with Crippen LogP contribution in [0.5, 0.6) is 0 Å². The van der Waals surface area contributed by atoms with Gasteiger partial charge in [0, 0.05) is 11.8 Å². The van der Waals surface area contributed by atoms with E-state index in [1.807, 2.05) is 20.8 Å². The Morgan fingerprint density at radius 3 is 2.57 bits per heavy atom. The maximum Gasteiger partial charge on any atom is 0.252 e. The van der Waals surface area contributed by atoms with Gasteiger partial charge in [-0.1, -0.05) is 6.07 Å². The molecular weight excluding hydrogens is 271 g/mol. The Hall–Kier alpha value is -2.68. The number of halogens is 1. The minimum atomic E-state index is -0.657. The van der Waals surface area contributed by atoms with E-state index in [-0.39, 0.29) is 16.7 Å². The van der Waals surface area contributed by atoms with E-state index >= 15 is 0 Å². The van der Waals surface area contributed by atoms with Crippen LogP contribution in [0, 0.1) is 17.1 Å². The van der Waals surface area contributed by atoms with Crippen LogP contribution in [0.2, 0.25) is 0 Å². The molecule has 1 aromatic carbocycles. The second-order valence-electron chi connectivity index (χ2n) is 5.68. The molecule has 0 unspecified atom stereocenters. The first-order valence-electron chi connectivity index (χ1n) is 6.34. The fourth-order valence-corrected chi connectivity index (χ4v) is 1.86. The van der Waals surface area contributed by atoms with Crippen LogP contribution in [0.15, 0.2) is 24.4 Å². The molecule has 2 aromatic rings. The largest absolute Gasteiger partial charge is 0.365 e. The van der Waals surface area contributed by atoms with Crippen LogP contribution in [0.4, 0.5) is 4.39 Å². The van der Waals surface area contributed by atoms with Crippen molar-refractivity contribution in [3.05, 3.63) is 41.3 Å². The Bertz CT molecular complexity index is 750. The summed E-state index contributed by atoms with van der Waals surface area (Å²) in [5.74, 6) is -1.29. The molecule has 0 saturated heterocycles. The molecule has 0 saturated carbocycles. The van der Waals surface area contributed by atoms with Gasteiger partial charge in [-0.2, -0.15) is 10.4 Å². The molecule has 6 heteroatoms. The van der Waals surface area contributed by atoms with Crippen molar-refractivity contribution in [1.29, 1.82) is 5.26 Å². The van der Waals surface area contributed by atoms with Crippen molar-refractivity contribution in [2.45, 2.75) is 26.3 Å². The van der Waals surface area contributed by atoms with Crippen LogP contribution in [-0.4, -0.2) is 15.7 Å². The number of hydrogen-bond acceptors (Lipinski definition) is 3. The molecule has 108 valence electrons. The van der Waals surface area contributed by atoms with Crippen molar-refractivity contribution in [1.82, 2.24) is 9.78 Å². The highest BCUT2D eigenvalue weighted by atomic mass is 19.1. The van der Waals surface area contributed by atoms with Gasteiger partial charge >= 0.3 is 0 Å². The number of hydrogen-bond donors (Lipinski definition) is 1. The zero-order valence-corrected chi connectivity index (χ0v) is 12.0. The molecular formula is C15H15FN4O. The van der Waals surface area contributed by atoms with Gasteiger partial charge in [0.05, 0.1) is 16.7 Å². The van der Waals surface area contributed by atoms with Crippen molar-refractivity contribution < 1.29 is 9.18 Å². The third kappa shape index (κ3) is 2.77. The molecule has 0 atom stereocenters. The Labute approximate surface area is 121 Å². The monoisotopic (exact) mass is 286 g/mol. The maximum atomic E-state index is 13.7. The Balaban J connectivity index is 2.63. The van der Waals surface area contributed by atoms with Crippen molar-refractivity contribution in [2.24, 2.45) is 5.73 Å². The standard InChI is InChI=1S/C15H15FN4O/c1-15(2,3)20-8-11(14(18)21)13(19-20)9-4-5-10(7-17)12(16)6-9/h4-6,8H,1-3H3,(H2,18,21). The lowest BCUT2D eigenvalue weighted by atomic mass is 10.1. The quantitative estimate of drug-likeness (QED) is 0.920. The summed E-state index contributed by atoms with van der Waals surface area (Å²) in [7, 11) is 0. The lowest BCUT2D eigenvalue weighted by Gasteiger charge is -2.18. The van der Waals surface area contributed by atoms with Crippen LogP contribution in [0.3, 0.4) is 0 Å². The van der Waals surface area contributed by atoms with Crippen LogP contribution in [0.1, 0.15) is 36.7 Å². The van der Waals surface area contributed by atoms with Crippen LogP contribution in [0.25, 0.3) is 11.3 Å². The highest BCUT2D eigenvalue weighted by Gasteiger charge is 2.22. The number of primary amides is 1. The van der Waals surface area contributed by atoms with E-state index in [1.165, 1.54) is 12.1 Å². The topological polar surface area (TPSA) is 84.7 Å². The summed E-state index contributed by atoms with van der Waals surface area (Å²) in [6.07, 6.45) is 1.55. The minimum Gasteiger partial charge on any atom is -0.365 e. The van der Waals surface area contributed by atoms with Gasteiger partial charge in [0.25, 0.3) is 5.91 Å². The lowest BCUT2D eigenvalue weighted by molar-refractivity contribution is 0.100. The predicted molar refractivity (Wildman–Crippen MR) is 75.8 cm³/mol. The number of nitrogens with zero attached hydrogens (tertiary/aromatic N) is 3. The van der Waals surface area contributed by atoms with E-state index in [0.717, 1.165) is 0 Å². The first kappa shape index (κ1) is 14.7. The van der Waals surface area contributed by atoms with Gasteiger partial charge < -0.3 is 5.73 Å². The van der Waals surface area contributed by atoms with Gasteiger partial charge in [0.15, 0.2) is 0 Å². The van der Waals surface area contributed by atoms with Gasteiger partial charge in [-0.25, -0.2) is 4.39 Å². The lowest BCUT2D eigenvalue weighted by Crippen LogP contribution is -2.22. The Kier molecular flexibility index (Phi) is 3.52. The van der Waals surface area contributed by atoms with Crippen LogP contribution < -0.4 is 5.73 Å². The van der Waals surface area contributed by atoms with Gasteiger partial charge in [-0.3, -0.25) is 9.48 Å². The summed E-state index contributed by atoms with van der Waals surface area (Å²) >= 11 is 0. The number of carbonyl (C=O) groups is 1. The molecule has 0 radical (unpaired) electrons. The SMILES string of the molecule is CC(C)(C)n1cc(C(N)=O)c(-c2ccc(C#N)c(F)c2)n1. The molecule has 0 fully saturated rings. The first-order chi connectivity index (χ1) is 9.74. The molecule has 2 N–H and O–H groups in total. The average molecular weight is 286 g/mol. The highest BCUT2D eigenvalue weighted by molar-refractivity contribution is 5.98. The van der Waals surface area contributed by atoms with E-state index in [4.69, 9.17) is 11.0 Å². The molecule has 1 aromatic heterocycles. The molecule has 2 rings (SSSR count). The summed E-state index contributed by atoms with van der Waals surface area (Å²) < 4.78 is 15.3. The van der Waals surface area contributed by atoms with E-state index in [1.54, 1.807) is 23.0 Å². The molecule has 0 spiro atoms. The second kappa shape index (κ2) is 5.02. The van der Waals surface area contributed by atoms with Crippen molar-refractivity contribution in [3.8, 4) is 17.3 Å². The number of nitrogens with two attached hydrogens (primary N) is 1. The number of aromatic nitrogens is 2. The third-order valence-corrected chi connectivity index (χ3v) is 3.03. The maximum absolute atomic E-state index is 13.7. The molecule has 21 heavy (non-hydrogen) atoms. The fourth-order valence-electron chi connectivity index (χ4n) is 1.86. The van der Waals surface area contributed by atoms with E-state index in [2.05, 4.69) is 5.10 Å². The molecule has 5 nitrogen and oxygen atoms in total. The van der Waals surface area contributed by atoms with E-state index < -0.39 is 11.7 Å². The summed E-state index contributed by atoms with van der Waals surface area (Å²) in [4.78, 5) is 11.6. The Morgan fingerprint density at radius 2 is 2.10 bits per heavy atom. The summed E-state index contributed by atoms with van der Waals surface area (Å²) in [6, 6.07) is 5.83. The number of rotatable bonds is 2. The molecule has 1 heterocycles. The molecule has 0 aliphatic heterocycles. The smallest absolute Gasteiger partial charge is 0.252 e. The van der Waals surface area contributed by atoms with Gasteiger partial charge in [-0.05, 0) is 32.9 Å². The summed E-state index contributed by atoms with van der Waals surface area (Å²) in [5, 5.41) is 13.1. The highest BCUT2D eigenvalue weighted by Crippen LogP contribution is 2.26. The average Bonchev–Trinajstić information content (AvgIpc) is 2.83. The third-order valence-electron chi connectivity index (χ3n) is 3.03. The van der Waals surface area contributed by atoms with Crippen molar-refractivity contribution >= 4 is 5.91 Å². The molecule has 0 aliphatic carbocycles. The number of carbonyl (C=O) groups excluding carboxylic acids is 1. The molecule has 0 aliphatic rings. The molecule has 1 amide bonds. The Morgan fingerprint density at radius 1 is 1.43 bits per heavy atom. The minimum absolute atomic E-state index is 0.0605. The van der Waals surface area contributed by atoms with Crippen molar-refractivity contribution in [3.63, 3.8) is 0 Å². The molecule has 0 bridgehead atoms. The van der Waals surface area contributed by atoms with Gasteiger partial charge in [-0.15, -0.1) is 0 Å². The van der Waals surface area contributed by atoms with Crippen LogP contribution >= 0.6 is 0 Å². The normalized spacial score (nSPS) is 11.2. The van der Waals surface area contributed by atoms with Crippen LogP contribution in [-0.2, 0) is 5.54 Å². The number of benzene rings is 1. The second-order valence-corrected chi connectivity index (χ2v) is 5.68. The first-order valence-corrected chi connectivity index (χ1v) is 6.34. The summed E-state index contributed by atoms with van der Waals surface area (Å²) in [5.41, 5.74) is 5.89. The zero-order chi connectivity index (χ0) is 15.8. The number of amides is 1. The van der Waals surface area contributed by atoms with Crippen molar-refractivity contribution in [2.75, 3.05) is 0 Å². The van der Waals surface area contributed by atoms with E-state index in [0.29, 0.717) is 11.3 Å².